The van der Waals surface area contributed by atoms with Crippen LogP contribution in [0, 0.1) is 10.1 Å². The summed E-state index contributed by atoms with van der Waals surface area (Å²) in [6.07, 6.45) is 1.93. The van der Waals surface area contributed by atoms with E-state index in [4.69, 9.17) is 4.74 Å². The van der Waals surface area contributed by atoms with Gasteiger partial charge in [-0.15, -0.1) is 0 Å². The molecule has 0 unspecified atom stereocenters. The minimum Gasteiger partial charge on any atom is -0.423 e. The zero-order valence-corrected chi connectivity index (χ0v) is 20.4. The molecule has 3 rings (SSSR count). The van der Waals surface area contributed by atoms with E-state index in [1.807, 2.05) is 0 Å². The van der Waals surface area contributed by atoms with Gasteiger partial charge in [0.1, 0.15) is 5.75 Å². The van der Waals surface area contributed by atoms with E-state index in [9.17, 15) is 24.5 Å². The number of rotatable bonds is 10. The van der Waals surface area contributed by atoms with Crippen LogP contribution in [-0.2, 0) is 4.79 Å². The van der Waals surface area contributed by atoms with Crippen molar-refractivity contribution in [2.75, 3.05) is 6.54 Å². The molecule has 0 heterocycles. The maximum atomic E-state index is 12.2. The molecule has 0 aliphatic carbocycles. The number of nitrogens with one attached hydrogen (secondary N) is 2. The van der Waals surface area contributed by atoms with E-state index in [0.29, 0.717) is 27.8 Å². The van der Waals surface area contributed by atoms with E-state index < -0.39 is 16.8 Å². The normalized spacial score (nSPS) is 10.6. The van der Waals surface area contributed by atoms with Crippen LogP contribution in [0.5, 0.6) is 5.75 Å². The van der Waals surface area contributed by atoms with Crippen molar-refractivity contribution in [1.29, 1.82) is 0 Å². The second-order valence-electron chi connectivity index (χ2n) is 7.40. The average Bonchev–Trinajstić information content (AvgIpc) is 2.87. The summed E-state index contributed by atoms with van der Waals surface area (Å²) in [7, 11) is 0. The van der Waals surface area contributed by atoms with Crippen molar-refractivity contribution < 1.29 is 24.0 Å². The predicted octanol–water partition coefficient (Wildman–Crippen LogP) is 4.24. The molecule has 0 saturated carbocycles. The Hall–Kier alpha value is -4.38. The molecule has 36 heavy (non-hydrogen) atoms. The minimum atomic E-state index is -0.573. The quantitative estimate of drug-likeness (QED) is 0.0962. The van der Waals surface area contributed by atoms with E-state index in [-0.39, 0.29) is 30.1 Å². The van der Waals surface area contributed by atoms with Gasteiger partial charge in [0.2, 0.25) is 5.91 Å². The number of benzene rings is 3. The van der Waals surface area contributed by atoms with Gasteiger partial charge in [0, 0.05) is 35.1 Å². The van der Waals surface area contributed by atoms with Crippen molar-refractivity contribution in [3.8, 4) is 5.75 Å². The van der Waals surface area contributed by atoms with E-state index in [1.165, 1.54) is 30.5 Å². The molecule has 10 nitrogen and oxygen atoms in total. The number of amides is 2. The Kier molecular flexibility index (Phi) is 9.40. The van der Waals surface area contributed by atoms with Gasteiger partial charge in [-0.3, -0.25) is 19.7 Å². The fraction of sp³-hybridized carbons (Fsp3) is 0.120. The van der Waals surface area contributed by atoms with Gasteiger partial charge in [-0.1, -0.05) is 18.2 Å². The number of carbonyl (C=O) groups excluding carboxylic acids is 3. The van der Waals surface area contributed by atoms with Gasteiger partial charge in [-0.25, -0.2) is 10.2 Å². The van der Waals surface area contributed by atoms with Crippen LogP contribution in [0.2, 0.25) is 0 Å². The summed E-state index contributed by atoms with van der Waals surface area (Å²) in [4.78, 5) is 46.5. The summed E-state index contributed by atoms with van der Waals surface area (Å²) in [6.45, 7) is 0.221. The molecule has 0 saturated heterocycles. The lowest BCUT2D eigenvalue weighted by Crippen LogP contribution is -2.26. The number of nitro benzene ring substituents is 1. The first-order chi connectivity index (χ1) is 17.3. The van der Waals surface area contributed by atoms with Gasteiger partial charge >= 0.3 is 5.97 Å². The molecular weight excluding hydrogens is 532 g/mol. The number of halogens is 1. The summed E-state index contributed by atoms with van der Waals surface area (Å²) < 4.78 is 5.99. The molecule has 0 aliphatic rings. The van der Waals surface area contributed by atoms with Gasteiger partial charge in [-0.05, 0) is 70.4 Å². The number of nitrogens with zero attached hydrogens (tertiary/aromatic N) is 2. The number of hydrogen-bond acceptors (Lipinski definition) is 7. The Morgan fingerprint density at radius 3 is 2.50 bits per heavy atom. The Bertz CT molecular complexity index is 1290. The van der Waals surface area contributed by atoms with Crippen LogP contribution < -0.4 is 15.5 Å². The molecule has 3 aromatic carbocycles. The Balaban J connectivity index is 1.38. The van der Waals surface area contributed by atoms with Crippen LogP contribution >= 0.6 is 15.9 Å². The Labute approximate surface area is 214 Å². The lowest BCUT2D eigenvalue weighted by Gasteiger charge is -2.06. The summed E-state index contributed by atoms with van der Waals surface area (Å²) >= 11 is 3.31. The summed E-state index contributed by atoms with van der Waals surface area (Å²) in [6, 6.07) is 18.9. The summed E-state index contributed by atoms with van der Waals surface area (Å²) in [5, 5.41) is 17.3. The maximum Gasteiger partial charge on any atom is 0.344 e. The van der Waals surface area contributed by atoms with Crippen LogP contribution in [0.4, 0.5) is 5.69 Å². The largest absolute Gasteiger partial charge is 0.423 e. The first-order valence-corrected chi connectivity index (χ1v) is 11.5. The van der Waals surface area contributed by atoms with Crippen molar-refractivity contribution >= 4 is 45.6 Å². The molecule has 2 amide bonds. The first kappa shape index (κ1) is 26.2. The lowest BCUT2D eigenvalue weighted by atomic mass is 10.2. The molecule has 0 fully saturated rings. The van der Waals surface area contributed by atoms with Gasteiger partial charge in [-0.2, -0.15) is 5.10 Å². The highest BCUT2D eigenvalue weighted by Crippen LogP contribution is 2.19. The highest BCUT2D eigenvalue weighted by Gasteiger charge is 2.12. The topological polar surface area (TPSA) is 140 Å². The number of non-ortho nitro benzene ring substituents is 1. The van der Waals surface area contributed by atoms with Gasteiger partial charge in [0.25, 0.3) is 11.6 Å². The average molecular weight is 553 g/mol. The molecular formula is C25H21BrN4O6. The fourth-order valence-corrected chi connectivity index (χ4v) is 3.41. The Morgan fingerprint density at radius 1 is 1.03 bits per heavy atom. The fourth-order valence-electron chi connectivity index (χ4n) is 2.96. The SMILES string of the molecule is O=C(CCCNC(=O)c1cccc([N+](=O)[O-])c1)N/N=C/c1ccc(OC(=O)c2ccccc2Br)cc1. The minimum absolute atomic E-state index is 0.122. The standard InChI is InChI=1S/C25H21BrN4O6/c26-22-8-2-1-7-21(22)25(33)36-20-12-10-17(11-13-20)16-28-29-23(31)9-4-14-27-24(32)18-5-3-6-19(15-18)30(34)35/h1-3,5-8,10-13,15-16H,4,9,14H2,(H,27,32)(H,29,31)/b28-16+. The third-order valence-corrected chi connectivity index (χ3v) is 5.46. The van der Waals surface area contributed by atoms with Gasteiger partial charge in [0.15, 0.2) is 0 Å². The van der Waals surface area contributed by atoms with Gasteiger partial charge in [0.05, 0.1) is 16.7 Å². The predicted molar refractivity (Wildman–Crippen MR) is 136 cm³/mol. The summed E-state index contributed by atoms with van der Waals surface area (Å²) in [5.74, 6) is -0.918. The molecule has 0 spiro atoms. The van der Waals surface area contributed by atoms with Gasteiger partial charge < -0.3 is 10.1 Å². The van der Waals surface area contributed by atoms with Crippen molar-refractivity contribution in [2.24, 2.45) is 5.10 Å². The van der Waals surface area contributed by atoms with E-state index in [1.54, 1.807) is 48.5 Å². The van der Waals surface area contributed by atoms with E-state index in [0.717, 1.165) is 0 Å². The van der Waals surface area contributed by atoms with Crippen molar-refractivity contribution in [3.63, 3.8) is 0 Å². The number of carbonyl (C=O) groups is 3. The molecule has 3 aromatic rings. The Morgan fingerprint density at radius 2 is 1.78 bits per heavy atom. The monoisotopic (exact) mass is 552 g/mol. The van der Waals surface area contributed by atoms with Crippen LogP contribution in [-0.4, -0.2) is 35.5 Å². The smallest absolute Gasteiger partial charge is 0.344 e. The molecule has 0 aliphatic heterocycles. The molecule has 2 N–H and O–H groups in total. The maximum absolute atomic E-state index is 12.2. The molecule has 0 bridgehead atoms. The third-order valence-electron chi connectivity index (χ3n) is 4.77. The molecule has 0 atom stereocenters. The summed E-state index contributed by atoms with van der Waals surface area (Å²) in [5.41, 5.74) is 3.49. The van der Waals surface area contributed by atoms with E-state index >= 15 is 0 Å². The van der Waals surface area contributed by atoms with Crippen LogP contribution in [0.15, 0.2) is 82.4 Å². The molecule has 0 aromatic heterocycles. The first-order valence-electron chi connectivity index (χ1n) is 10.7. The van der Waals surface area contributed by atoms with Crippen molar-refractivity contribution in [1.82, 2.24) is 10.7 Å². The molecule has 0 radical (unpaired) electrons. The zero-order chi connectivity index (χ0) is 25.9. The van der Waals surface area contributed by atoms with Crippen LogP contribution in [0.3, 0.4) is 0 Å². The van der Waals surface area contributed by atoms with Crippen LogP contribution in [0.25, 0.3) is 0 Å². The van der Waals surface area contributed by atoms with Crippen molar-refractivity contribution in [2.45, 2.75) is 12.8 Å². The molecule has 184 valence electrons. The van der Waals surface area contributed by atoms with Crippen molar-refractivity contribution in [3.05, 3.63) is 104 Å². The highest BCUT2D eigenvalue weighted by molar-refractivity contribution is 9.10. The number of ether oxygens (including phenoxy) is 1. The highest BCUT2D eigenvalue weighted by atomic mass is 79.9. The number of hydrazone groups is 1. The zero-order valence-electron chi connectivity index (χ0n) is 18.8. The van der Waals surface area contributed by atoms with Crippen LogP contribution in [0.1, 0.15) is 39.1 Å². The second-order valence-corrected chi connectivity index (χ2v) is 8.25. The number of hydrogen-bond donors (Lipinski definition) is 2. The van der Waals surface area contributed by atoms with E-state index in [2.05, 4.69) is 31.8 Å². The lowest BCUT2D eigenvalue weighted by molar-refractivity contribution is -0.384. The number of nitro groups is 1. The third kappa shape index (κ3) is 7.84. The molecule has 11 heteroatoms. The number of esters is 1. The second kappa shape index (κ2) is 12.9.